The highest BCUT2D eigenvalue weighted by molar-refractivity contribution is 6.42. The molecular formula is C24H15Cl4NO4. The van der Waals surface area contributed by atoms with Gasteiger partial charge in [-0.25, -0.2) is 9.79 Å². The third kappa shape index (κ3) is 5.45. The van der Waals surface area contributed by atoms with Crippen LogP contribution in [0.5, 0.6) is 11.5 Å². The van der Waals surface area contributed by atoms with E-state index in [-0.39, 0.29) is 18.2 Å². The second-order valence-electron chi connectivity index (χ2n) is 6.91. The lowest BCUT2D eigenvalue weighted by Gasteiger charge is -2.12. The summed E-state index contributed by atoms with van der Waals surface area (Å²) < 4.78 is 16.6. The monoisotopic (exact) mass is 521 g/mol. The van der Waals surface area contributed by atoms with E-state index in [1.807, 2.05) is 6.07 Å². The molecule has 1 aliphatic rings. The van der Waals surface area contributed by atoms with E-state index in [0.717, 1.165) is 5.56 Å². The number of carbonyl (C=O) groups is 1. The van der Waals surface area contributed by atoms with Crippen LogP contribution in [0, 0.1) is 0 Å². The maximum atomic E-state index is 12.3. The van der Waals surface area contributed by atoms with Gasteiger partial charge in [-0.1, -0.05) is 58.5 Å². The van der Waals surface area contributed by atoms with Crippen LogP contribution in [0.2, 0.25) is 20.1 Å². The molecule has 1 heterocycles. The zero-order valence-electron chi connectivity index (χ0n) is 17.1. The number of hydrogen-bond donors (Lipinski definition) is 0. The molecule has 0 radical (unpaired) electrons. The number of halogens is 4. The Morgan fingerprint density at radius 3 is 2.30 bits per heavy atom. The predicted molar refractivity (Wildman–Crippen MR) is 131 cm³/mol. The van der Waals surface area contributed by atoms with E-state index >= 15 is 0 Å². The van der Waals surface area contributed by atoms with Crippen molar-refractivity contribution in [3.05, 3.63) is 97.1 Å². The molecule has 0 fully saturated rings. The summed E-state index contributed by atoms with van der Waals surface area (Å²) in [6.45, 7) is 0.275. The number of cyclic esters (lactones) is 1. The number of benzene rings is 3. The van der Waals surface area contributed by atoms with Gasteiger partial charge in [0, 0.05) is 5.56 Å². The van der Waals surface area contributed by atoms with Crippen molar-refractivity contribution < 1.29 is 19.0 Å². The molecule has 9 heteroatoms. The van der Waals surface area contributed by atoms with Gasteiger partial charge < -0.3 is 14.2 Å². The van der Waals surface area contributed by atoms with Crippen LogP contribution in [0.25, 0.3) is 6.08 Å². The lowest BCUT2D eigenvalue weighted by Crippen LogP contribution is -2.05. The second-order valence-corrected chi connectivity index (χ2v) is 8.54. The smallest absolute Gasteiger partial charge is 0.363 e. The molecule has 0 saturated heterocycles. The Hall–Kier alpha value is -2.70. The quantitative estimate of drug-likeness (QED) is 0.253. The van der Waals surface area contributed by atoms with Gasteiger partial charge in [-0.05, 0) is 59.7 Å². The molecule has 0 aromatic heterocycles. The third-order valence-corrected chi connectivity index (χ3v) is 6.13. The molecule has 3 aromatic carbocycles. The van der Waals surface area contributed by atoms with Crippen LogP contribution in [0.3, 0.4) is 0 Å². The highest BCUT2D eigenvalue weighted by Crippen LogP contribution is 2.31. The molecule has 4 rings (SSSR count). The van der Waals surface area contributed by atoms with E-state index in [9.17, 15) is 4.79 Å². The highest BCUT2D eigenvalue weighted by atomic mass is 35.5. The van der Waals surface area contributed by atoms with Crippen molar-refractivity contribution >= 4 is 64.3 Å². The second kappa shape index (κ2) is 10.1. The average molecular weight is 523 g/mol. The summed E-state index contributed by atoms with van der Waals surface area (Å²) in [6, 6.07) is 15.4. The largest absolute Gasteiger partial charge is 0.493 e. The molecule has 0 N–H and O–H groups in total. The molecule has 0 atom stereocenters. The van der Waals surface area contributed by atoms with Crippen LogP contribution in [-0.4, -0.2) is 19.0 Å². The van der Waals surface area contributed by atoms with Crippen molar-refractivity contribution in [1.29, 1.82) is 0 Å². The Labute approximate surface area is 210 Å². The van der Waals surface area contributed by atoms with Crippen LogP contribution in [0.4, 0.5) is 0 Å². The van der Waals surface area contributed by atoms with E-state index in [0.29, 0.717) is 42.7 Å². The fourth-order valence-electron chi connectivity index (χ4n) is 3.00. The summed E-state index contributed by atoms with van der Waals surface area (Å²) in [5.41, 5.74) is 2.22. The zero-order valence-corrected chi connectivity index (χ0v) is 20.1. The van der Waals surface area contributed by atoms with Crippen LogP contribution in [-0.2, 0) is 16.1 Å². The maximum Gasteiger partial charge on any atom is 0.363 e. The fourth-order valence-corrected chi connectivity index (χ4v) is 3.62. The minimum Gasteiger partial charge on any atom is -0.493 e. The number of esters is 1. The standard InChI is InChI=1S/C24H15Cl4NO4/c1-31-22-10-13(3-7-21(22)32-12-14-2-5-16(25)18(27)8-14)9-20-24(30)33-23(29-20)15-4-6-17(26)19(28)11-15/h2-11H,12H2,1H3/b20-9-. The topological polar surface area (TPSA) is 57.1 Å². The van der Waals surface area contributed by atoms with Gasteiger partial charge >= 0.3 is 5.97 Å². The number of rotatable bonds is 6. The van der Waals surface area contributed by atoms with E-state index in [1.54, 1.807) is 54.6 Å². The molecule has 0 saturated carbocycles. The molecule has 1 aliphatic heterocycles. The molecule has 0 bridgehead atoms. The van der Waals surface area contributed by atoms with Crippen molar-refractivity contribution in [2.75, 3.05) is 7.11 Å². The van der Waals surface area contributed by atoms with Crippen LogP contribution >= 0.6 is 46.4 Å². The van der Waals surface area contributed by atoms with Gasteiger partial charge in [0.1, 0.15) is 6.61 Å². The first kappa shape index (κ1) is 23.5. The Bertz CT molecular complexity index is 1300. The number of methoxy groups -OCH3 is 1. The number of carbonyl (C=O) groups excluding carboxylic acids is 1. The lowest BCUT2D eigenvalue weighted by atomic mass is 10.1. The summed E-state index contributed by atoms with van der Waals surface area (Å²) in [7, 11) is 1.53. The minimum atomic E-state index is -0.574. The van der Waals surface area contributed by atoms with Crippen molar-refractivity contribution in [2.24, 2.45) is 4.99 Å². The number of hydrogen-bond acceptors (Lipinski definition) is 5. The predicted octanol–water partition coefficient (Wildman–Crippen LogP) is 7.23. The van der Waals surface area contributed by atoms with E-state index in [1.165, 1.54) is 7.11 Å². The molecule has 33 heavy (non-hydrogen) atoms. The summed E-state index contributed by atoms with van der Waals surface area (Å²) in [4.78, 5) is 16.6. The Morgan fingerprint density at radius 1 is 0.879 bits per heavy atom. The van der Waals surface area contributed by atoms with Crippen LogP contribution < -0.4 is 9.47 Å². The molecule has 0 amide bonds. The van der Waals surface area contributed by atoms with Gasteiger partial charge in [-0.2, -0.15) is 0 Å². The van der Waals surface area contributed by atoms with E-state index in [2.05, 4.69) is 4.99 Å². The summed E-state index contributed by atoms with van der Waals surface area (Å²) in [6.07, 6.45) is 1.60. The molecule has 5 nitrogen and oxygen atoms in total. The summed E-state index contributed by atoms with van der Waals surface area (Å²) >= 11 is 24.0. The van der Waals surface area contributed by atoms with Crippen molar-refractivity contribution in [2.45, 2.75) is 6.61 Å². The van der Waals surface area contributed by atoms with Crippen molar-refractivity contribution in [3.63, 3.8) is 0 Å². The molecule has 0 aliphatic carbocycles. The lowest BCUT2D eigenvalue weighted by molar-refractivity contribution is -0.129. The first-order valence-corrected chi connectivity index (χ1v) is 11.1. The molecule has 3 aromatic rings. The zero-order chi connectivity index (χ0) is 23.5. The molecule has 0 unspecified atom stereocenters. The number of aliphatic imine (C=N–C) groups is 1. The number of nitrogens with zero attached hydrogens (tertiary/aromatic N) is 1. The van der Waals surface area contributed by atoms with E-state index < -0.39 is 5.97 Å². The van der Waals surface area contributed by atoms with Crippen LogP contribution in [0.1, 0.15) is 16.7 Å². The summed E-state index contributed by atoms with van der Waals surface area (Å²) in [5, 5.41) is 1.67. The SMILES string of the molecule is COc1cc(/C=C2\N=C(c3ccc(Cl)c(Cl)c3)OC2=O)ccc1OCc1ccc(Cl)c(Cl)c1. The maximum absolute atomic E-state index is 12.3. The van der Waals surface area contributed by atoms with Gasteiger partial charge in [-0.3, -0.25) is 0 Å². The summed E-state index contributed by atoms with van der Waals surface area (Å²) in [5.74, 6) is 0.595. The highest BCUT2D eigenvalue weighted by Gasteiger charge is 2.24. The normalized spacial score (nSPS) is 14.3. The van der Waals surface area contributed by atoms with Gasteiger partial charge in [-0.15, -0.1) is 0 Å². The van der Waals surface area contributed by atoms with Crippen LogP contribution in [0.15, 0.2) is 65.3 Å². The van der Waals surface area contributed by atoms with Crippen molar-refractivity contribution in [3.8, 4) is 11.5 Å². The number of ether oxygens (including phenoxy) is 3. The third-order valence-electron chi connectivity index (χ3n) is 4.66. The van der Waals surface area contributed by atoms with Gasteiger partial charge in [0.2, 0.25) is 5.90 Å². The Morgan fingerprint density at radius 2 is 1.61 bits per heavy atom. The first-order valence-electron chi connectivity index (χ1n) is 9.57. The van der Waals surface area contributed by atoms with Gasteiger partial charge in [0.15, 0.2) is 17.2 Å². The average Bonchev–Trinajstić information content (AvgIpc) is 3.17. The van der Waals surface area contributed by atoms with Crippen molar-refractivity contribution in [1.82, 2.24) is 0 Å². The van der Waals surface area contributed by atoms with Gasteiger partial charge in [0.25, 0.3) is 0 Å². The first-order chi connectivity index (χ1) is 15.8. The minimum absolute atomic E-state index is 0.141. The Kier molecular flexibility index (Phi) is 7.15. The Balaban J connectivity index is 1.54. The molecule has 168 valence electrons. The van der Waals surface area contributed by atoms with Gasteiger partial charge in [0.05, 0.1) is 27.2 Å². The fraction of sp³-hybridized carbons (Fsp3) is 0.0833. The molecule has 0 spiro atoms. The molecular weight excluding hydrogens is 508 g/mol. The van der Waals surface area contributed by atoms with E-state index in [4.69, 9.17) is 60.6 Å².